The SMILES string of the molecule is CCCNCc1sc(S(=O)(=O)Nc2ccccc2)cc1C. The Morgan fingerprint density at radius 2 is 1.90 bits per heavy atom. The molecule has 1 heterocycles. The van der Waals surface area contributed by atoms with Gasteiger partial charge in [0.1, 0.15) is 4.21 Å². The molecule has 0 saturated heterocycles. The molecule has 6 heteroatoms. The van der Waals surface area contributed by atoms with Gasteiger partial charge in [-0.15, -0.1) is 11.3 Å². The molecule has 0 unspecified atom stereocenters. The number of benzene rings is 1. The van der Waals surface area contributed by atoms with Crippen molar-refractivity contribution in [1.29, 1.82) is 0 Å². The van der Waals surface area contributed by atoms with Crippen molar-refractivity contribution in [3.05, 3.63) is 46.8 Å². The van der Waals surface area contributed by atoms with Gasteiger partial charge in [0.05, 0.1) is 0 Å². The monoisotopic (exact) mass is 324 g/mol. The molecule has 1 aromatic heterocycles. The fourth-order valence-corrected chi connectivity index (χ4v) is 4.50. The van der Waals surface area contributed by atoms with Crippen molar-refractivity contribution in [1.82, 2.24) is 5.32 Å². The van der Waals surface area contributed by atoms with Crippen LogP contribution in [0.4, 0.5) is 5.69 Å². The summed E-state index contributed by atoms with van der Waals surface area (Å²) in [5, 5.41) is 3.30. The first-order chi connectivity index (χ1) is 10.0. The van der Waals surface area contributed by atoms with Gasteiger partial charge < -0.3 is 5.32 Å². The number of hydrogen-bond donors (Lipinski definition) is 2. The number of aryl methyl sites for hydroxylation is 1. The van der Waals surface area contributed by atoms with Crippen LogP contribution in [0, 0.1) is 6.92 Å². The molecule has 2 rings (SSSR count). The van der Waals surface area contributed by atoms with Crippen LogP contribution in [-0.2, 0) is 16.6 Å². The third-order valence-corrected chi connectivity index (χ3v) is 6.09. The van der Waals surface area contributed by atoms with Crippen LogP contribution >= 0.6 is 11.3 Å². The third kappa shape index (κ3) is 4.30. The molecule has 0 fully saturated rings. The van der Waals surface area contributed by atoms with Gasteiger partial charge in [-0.05, 0) is 43.7 Å². The van der Waals surface area contributed by atoms with E-state index < -0.39 is 10.0 Å². The van der Waals surface area contributed by atoms with Crippen LogP contribution in [0.5, 0.6) is 0 Å². The van der Waals surface area contributed by atoms with Crippen LogP contribution in [0.2, 0.25) is 0 Å². The maximum Gasteiger partial charge on any atom is 0.271 e. The molecule has 0 amide bonds. The van der Waals surface area contributed by atoms with E-state index in [1.54, 1.807) is 30.3 Å². The van der Waals surface area contributed by atoms with Crippen LogP contribution in [-0.4, -0.2) is 15.0 Å². The first-order valence-electron chi connectivity index (χ1n) is 6.91. The minimum absolute atomic E-state index is 0.358. The number of thiophene rings is 1. The molecule has 2 N–H and O–H groups in total. The summed E-state index contributed by atoms with van der Waals surface area (Å²) >= 11 is 1.32. The summed E-state index contributed by atoms with van der Waals surface area (Å²) in [6, 6.07) is 10.7. The number of sulfonamides is 1. The quantitative estimate of drug-likeness (QED) is 0.768. The van der Waals surface area contributed by atoms with Crippen LogP contribution in [0.15, 0.2) is 40.6 Å². The van der Waals surface area contributed by atoms with Gasteiger partial charge >= 0.3 is 0 Å². The molecule has 2 aromatic rings. The second-order valence-electron chi connectivity index (χ2n) is 4.82. The maximum absolute atomic E-state index is 12.4. The van der Waals surface area contributed by atoms with Gasteiger partial charge in [0.15, 0.2) is 0 Å². The summed E-state index contributed by atoms with van der Waals surface area (Å²) in [6.07, 6.45) is 1.06. The van der Waals surface area contributed by atoms with E-state index in [-0.39, 0.29) is 0 Å². The number of anilines is 1. The zero-order valence-electron chi connectivity index (χ0n) is 12.2. The summed E-state index contributed by atoms with van der Waals surface area (Å²) in [5.74, 6) is 0. The predicted octanol–water partition coefficient (Wildman–Crippen LogP) is 3.36. The molecule has 0 spiro atoms. The van der Waals surface area contributed by atoms with Crippen LogP contribution in [0.1, 0.15) is 23.8 Å². The Kier molecular flexibility index (Phi) is 5.39. The Morgan fingerprint density at radius 3 is 2.57 bits per heavy atom. The van der Waals surface area contributed by atoms with E-state index in [1.165, 1.54) is 11.3 Å². The zero-order chi connectivity index (χ0) is 15.3. The first kappa shape index (κ1) is 16.0. The standard InChI is InChI=1S/C15H20N2O2S2/c1-3-9-16-11-14-12(2)10-15(20-14)21(18,19)17-13-7-5-4-6-8-13/h4-8,10,16-17H,3,9,11H2,1-2H3. The van der Waals surface area contributed by atoms with Crippen LogP contribution in [0.3, 0.4) is 0 Å². The van der Waals surface area contributed by atoms with Crippen molar-refractivity contribution < 1.29 is 8.42 Å². The minimum Gasteiger partial charge on any atom is -0.312 e. The Labute approximate surface area is 130 Å². The lowest BCUT2D eigenvalue weighted by Gasteiger charge is -2.05. The number of hydrogen-bond acceptors (Lipinski definition) is 4. The van der Waals surface area contributed by atoms with Crippen molar-refractivity contribution in [2.75, 3.05) is 11.3 Å². The Bertz CT molecular complexity index is 679. The molecule has 0 aliphatic rings. The van der Waals surface area contributed by atoms with Gasteiger partial charge in [-0.1, -0.05) is 25.1 Å². The van der Waals surface area contributed by atoms with Crippen LogP contribution in [0.25, 0.3) is 0 Å². The lowest BCUT2D eigenvalue weighted by Crippen LogP contribution is -2.13. The first-order valence-corrected chi connectivity index (χ1v) is 9.21. The molecule has 4 nitrogen and oxygen atoms in total. The number of para-hydroxylation sites is 1. The molecule has 1 aromatic carbocycles. The summed E-state index contributed by atoms with van der Waals surface area (Å²) in [7, 11) is -3.50. The molecular weight excluding hydrogens is 304 g/mol. The Hall–Kier alpha value is -1.37. The van der Waals surface area contributed by atoms with E-state index in [2.05, 4.69) is 17.0 Å². The highest BCUT2D eigenvalue weighted by Crippen LogP contribution is 2.27. The summed E-state index contributed by atoms with van der Waals surface area (Å²) in [5.41, 5.74) is 1.59. The van der Waals surface area contributed by atoms with E-state index in [9.17, 15) is 8.42 Å². The second kappa shape index (κ2) is 7.06. The van der Waals surface area contributed by atoms with Gasteiger partial charge in [-0.3, -0.25) is 4.72 Å². The molecule has 0 atom stereocenters. The van der Waals surface area contributed by atoms with Gasteiger partial charge in [0.2, 0.25) is 0 Å². The normalized spacial score (nSPS) is 11.5. The molecule has 21 heavy (non-hydrogen) atoms. The average Bonchev–Trinajstić information content (AvgIpc) is 2.82. The zero-order valence-corrected chi connectivity index (χ0v) is 13.9. The van der Waals surface area contributed by atoms with Crippen molar-refractivity contribution in [2.24, 2.45) is 0 Å². The Balaban J connectivity index is 2.15. The highest BCUT2D eigenvalue weighted by Gasteiger charge is 2.18. The molecular formula is C15H20N2O2S2. The maximum atomic E-state index is 12.4. The van der Waals surface area contributed by atoms with Crippen LogP contribution < -0.4 is 10.0 Å². The Morgan fingerprint density at radius 1 is 1.19 bits per heavy atom. The molecule has 0 bridgehead atoms. The predicted molar refractivity (Wildman–Crippen MR) is 88.3 cm³/mol. The summed E-state index contributed by atoms with van der Waals surface area (Å²) in [6.45, 7) is 5.70. The summed E-state index contributed by atoms with van der Waals surface area (Å²) < 4.78 is 27.7. The van der Waals surface area contributed by atoms with Gasteiger partial charge in [-0.25, -0.2) is 8.42 Å². The lowest BCUT2D eigenvalue weighted by molar-refractivity contribution is 0.603. The number of rotatable bonds is 7. The van der Waals surface area contributed by atoms with E-state index in [0.29, 0.717) is 16.4 Å². The highest BCUT2D eigenvalue weighted by molar-refractivity contribution is 7.94. The van der Waals surface area contributed by atoms with E-state index in [1.807, 2.05) is 13.0 Å². The lowest BCUT2D eigenvalue weighted by atomic mass is 10.3. The van der Waals surface area contributed by atoms with Crippen molar-refractivity contribution >= 4 is 27.0 Å². The fourth-order valence-electron chi connectivity index (χ4n) is 1.89. The molecule has 114 valence electrons. The third-order valence-electron chi connectivity index (χ3n) is 3.00. The average molecular weight is 324 g/mol. The largest absolute Gasteiger partial charge is 0.312 e. The molecule has 0 aliphatic carbocycles. The van der Waals surface area contributed by atoms with Crippen molar-refractivity contribution in [2.45, 2.75) is 31.0 Å². The molecule has 0 saturated carbocycles. The van der Waals surface area contributed by atoms with Gasteiger partial charge in [-0.2, -0.15) is 0 Å². The highest BCUT2D eigenvalue weighted by atomic mass is 32.2. The minimum atomic E-state index is -3.50. The summed E-state index contributed by atoms with van der Waals surface area (Å²) in [4.78, 5) is 1.07. The van der Waals surface area contributed by atoms with Gasteiger partial charge in [0, 0.05) is 17.1 Å². The van der Waals surface area contributed by atoms with Crippen molar-refractivity contribution in [3.8, 4) is 0 Å². The van der Waals surface area contributed by atoms with E-state index in [0.717, 1.165) is 23.4 Å². The molecule has 0 radical (unpaired) electrons. The smallest absolute Gasteiger partial charge is 0.271 e. The van der Waals surface area contributed by atoms with Crippen molar-refractivity contribution in [3.63, 3.8) is 0 Å². The van der Waals surface area contributed by atoms with E-state index in [4.69, 9.17) is 0 Å². The fraction of sp³-hybridized carbons (Fsp3) is 0.333. The van der Waals surface area contributed by atoms with E-state index >= 15 is 0 Å². The molecule has 0 aliphatic heterocycles. The second-order valence-corrected chi connectivity index (χ2v) is 7.87. The topological polar surface area (TPSA) is 58.2 Å². The number of nitrogens with one attached hydrogen (secondary N) is 2. The van der Waals surface area contributed by atoms with Gasteiger partial charge in [0.25, 0.3) is 10.0 Å².